The van der Waals surface area contributed by atoms with Gasteiger partial charge < -0.3 is 19.7 Å². The number of hydrogen-bond acceptors (Lipinski definition) is 7. The first kappa shape index (κ1) is 23.1. The van der Waals surface area contributed by atoms with Gasteiger partial charge in [0.1, 0.15) is 11.0 Å². The fourth-order valence-electron chi connectivity index (χ4n) is 2.59. The number of halogens is 1. The van der Waals surface area contributed by atoms with Crippen LogP contribution in [0.15, 0.2) is 29.4 Å². The van der Waals surface area contributed by atoms with E-state index in [1.54, 1.807) is 20.3 Å². The number of thioether (sulfide) groups is 1. The average molecular weight is 439 g/mol. The largest absolute Gasteiger partial charge is 0.493 e. The monoisotopic (exact) mass is 438 g/mol. The van der Waals surface area contributed by atoms with Gasteiger partial charge in [-0.3, -0.25) is 4.79 Å². The van der Waals surface area contributed by atoms with Crippen molar-refractivity contribution in [1.29, 1.82) is 0 Å². The van der Waals surface area contributed by atoms with E-state index >= 15 is 0 Å². The van der Waals surface area contributed by atoms with E-state index in [4.69, 9.17) is 21.1 Å². The molecule has 0 fully saturated rings. The zero-order valence-corrected chi connectivity index (χ0v) is 18.9. The number of rotatable bonds is 10. The molecule has 0 saturated heterocycles. The van der Waals surface area contributed by atoms with Gasteiger partial charge in [0.15, 0.2) is 16.7 Å². The summed E-state index contributed by atoms with van der Waals surface area (Å²) in [7, 11) is 5.18. The Balaban J connectivity index is 2.00. The molecule has 7 nitrogen and oxygen atoms in total. The van der Waals surface area contributed by atoms with Gasteiger partial charge in [-0.25, -0.2) is 9.97 Å². The van der Waals surface area contributed by atoms with Crippen molar-refractivity contribution in [2.45, 2.75) is 31.5 Å². The van der Waals surface area contributed by atoms with Crippen LogP contribution in [0.2, 0.25) is 5.15 Å². The van der Waals surface area contributed by atoms with Crippen molar-refractivity contribution >= 4 is 35.1 Å². The molecule has 1 aromatic heterocycles. The van der Waals surface area contributed by atoms with Crippen LogP contribution in [0.3, 0.4) is 0 Å². The molecule has 0 saturated carbocycles. The molecule has 1 aromatic carbocycles. The molecule has 2 aromatic rings. The lowest BCUT2D eigenvalue weighted by Crippen LogP contribution is -2.31. The fourth-order valence-corrected chi connectivity index (χ4v) is 3.48. The summed E-state index contributed by atoms with van der Waals surface area (Å²) in [5.41, 5.74) is 1.12. The number of nitrogens with one attached hydrogen (secondary N) is 1. The van der Waals surface area contributed by atoms with Gasteiger partial charge in [0.2, 0.25) is 5.91 Å². The molecule has 1 heterocycles. The number of anilines is 1. The standard InChI is InChI=1S/C20H27ClN4O3S/c1-13(2)22-19(26)12-29-20-23-17(21)11-18(24-20)25(3)9-8-14-6-7-15(27-4)16(10-14)28-5/h6-7,10-11,13H,8-9,12H2,1-5H3,(H,22,26). The second-order valence-corrected chi connectivity index (χ2v) is 8.03. The molecule has 1 N–H and O–H groups in total. The molecule has 0 spiro atoms. The van der Waals surface area contributed by atoms with Gasteiger partial charge in [-0.15, -0.1) is 0 Å². The molecule has 0 aliphatic heterocycles. The number of nitrogens with zero attached hydrogens (tertiary/aromatic N) is 3. The topological polar surface area (TPSA) is 76.6 Å². The molecule has 0 aliphatic carbocycles. The maximum Gasteiger partial charge on any atom is 0.230 e. The molecular formula is C20H27ClN4O3S. The summed E-state index contributed by atoms with van der Waals surface area (Å²) in [6.45, 7) is 4.56. The number of likely N-dealkylation sites (N-methyl/N-ethyl adjacent to an activating group) is 1. The Hall–Kier alpha value is -2.19. The Morgan fingerprint density at radius 3 is 2.59 bits per heavy atom. The highest BCUT2D eigenvalue weighted by Gasteiger charge is 2.12. The van der Waals surface area contributed by atoms with Gasteiger partial charge in [-0.05, 0) is 38.0 Å². The third-order valence-electron chi connectivity index (χ3n) is 4.02. The van der Waals surface area contributed by atoms with Crippen LogP contribution >= 0.6 is 23.4 Å². The van der Waals surface area contributed by atoms with Gasteiger partial charge >= 0.3 is 0 Å². The lowest BCUT2D eigenvalue weighted by molar-refractivity contribution is -0.119. The predicted octanol–water partition coefficient (Wildman–Crippen LogP) is 3.44. The number of ether oxygens (including phenoxy) is 2. The molecule has 0 unspecified atom stereocenters. The summed E-state index contributed by atoms with van der Waals surface area (Å²) in [5, 5.41) is 3.67. The highest BCUT2D eigenvalue weighted by molar-refractivity contribution is 7.99. The van der Waals surface area contributed by atoms with Crippen molar-refractivity contribution < 1.29 is 14.3 Å². The Bertz CT molecular complexity index is 835. The number of aromatic nitrogens is 2. The molecule has 1 amide bonds. The summed E-state index contributed by atoms with van der Waals surface area (Å²) in [4.78, 5) is 22.6. The lowest BCUT2D eigenvalue weighted by atomic mass is 10.1. The normalized spacial score (nSPS) is 10.7. The first-order chi connectivity index (χ1) is 13.8. The van der Waals surface area contributed by atoms with E-state index in [0.29, 0.717) is 27.6 Å². The Kier molecular flexibility index (Phi) is 8.85. The Morgan fingerprint density at radius 1 is 1.21 bits per heavy atom. The van der Waals surface area contributed by atoms with Gasteiger partial charge in [-0.2, -0.15) is 0 Å². The molecule has 158 valence electrons. The van der Waals surface area contributed by atoms with E-state index in [2.05, 4.69) is 15.3 Å². The maximum atomic E-state index is 11.8. The van der Waals surface area contributed by atoms with Gasteiger partial charge in [0.05, 0.1) is 20.0 Å². The minimum absolute atomic E-state index is 0.0584. The molecule has 0 radical (unpaired) electrons. The highest BCUT2D eigenvalue weighted by Crippen LogP contribution is 2.28. The van der Waals surface area contributed by atoms with Crippen LogP contribution in [-0.2, 0) is 11.2 Å². The van der Waals surface area contributed by atoms with Gasteiger partial charge in [0, 0.05) is 25.7 Å². The van der Waals surface area contributed by atoms with E-state index in [0.717, 1.165) is 18.5 Å². The van der Waals surface area contributed by atoms with Crippen LogP contribution in [0, 0.1) is 0 Å². The van der Waals surface area contributed by atoms with E-state index in [9.17, 15) is 4.79 Å². The summed E-state index contributed by atoms with van der Waals surface area (Å²) in [6.07, 6.45) is 0.789. The average Bonchev–Trinajstić information content (AvgIpc) is 2.69. The Labute approximate surface area is 181 Å². The number of hydrogen-bond donors (Lipinski definition) is 1. The smallest absolute Gasteiger partial charge is 0.230 e. The third-order valence-corrected chi connectivity index (χ3v) is 5.06. The SMILES string of the molecule is COc1ccc(CCN(C)c2cc(Cl)nc(SCC(=O)NC(C)C)n2)cc1OC. The summed E-state index contributed by atoms with van der Waals surface area (Å²) >= 11 is 7.43. The first-order valence-corrected chi connectivity index (χ1v) is 10.6. The minimum atomic E-state index is -0.0584. The second-order valence-electron chi connectivity index (χ2n) is 6.70. The van der Waals surface area contributed by atoms with Crippen LogP contribution < -0.4 is 19.7 Å². The van der Waals surface area contributed by atoms with Crippen molar-refractivity contribution in [3.05, 3.63) is 35.0 Å². The van der Waals surface area contributed by atoms with Crippen LogP contribution in [0.25, 0.3) is 0 Å². The summed E-state index contributed by atoms with van der Waals surface area (Å²) in [5.74, 6) is 2.30. The maximum absolute atomic E-state index is 11.8. The highest BCUT2D eigenvalue weighted by atomic mass is 35.5. The van der Waals surface area contributed by atoms with E-state index in [-0.39, 0.29) is 17.7 Å². The molecule has 29 heavy (non-hydrogen) atoms. The summed E-state index contributed by atoms with van der Waals surface area (Å²) < 4.78 is 10.6. The third kappa shape index (κ3) is 7.29. The lowest BCUT2D eigenvalue weighted by Gasteiger charge is -2.19. The van der Waals surface area contributed by atoms with E-state index in [1.807, 2.05) is 44.0 Å². The number of carbonyl (C=O) groups is 1. The number of amides is 1. The number of carbonyl (C=O) groups excluding carboxylic acids is 1. The molecule has 0 bridgehead atoms. The second kappa shape index (κ2) is 11.1. The Morgan fingerprint density at radius 2 is 1.93 bits per heavy atom. The van der Waals surface area contributed by atoms with Crippen LogP contribution in [0.4, 0.5) is 5.82 Å². The van der Waals surface area contributed by atoms with Crippen molar-refractivity contribution in [3.8, 4) is 11.5 Å². The van der Waals surface area contributed by atoms with Crippen molar-refractivity contribution in [2.24, 2.45) is 0 Å². The first-order valence-electron chi connectivity index (χ1n) is 9.21. The van der Waals surface area contributed by atoms with E-state index < -0.39 is 0 Å². The molecule has 0 aliphatic rings. The zero-order chi connectivity index (χ0) is 21.4. The molecular weight excluding hydrogens is 412 g/mol. The van der Waals surface area contributed by atoms with Crippen LogP contribution in [0.5, 0.6) is 11.5 Å². The molecule has 9 heteroatoms. The number of methoxy groups -OCH3 is 2. The minimum Gasteiger partial charge on any atom is -0.493 e. The van der Waals surface area contributed by atoms with Gasteiger partial charge in [-0.1, -0.05) is 29.4 Å². The van der Waals surface area contributed by atoms with Crippen LogP contribution in [0.1, 0.15) is 19.4 Å². The fraction of sp³-hybridized carbons (Fsp3) is 0.450. The molecule has 2 rings (SSSR count). The zero-order valence-electron chi connectivity index (χ0n) is 17.4. The number of benzene rings is 1. The summed E-state index contributed by atoms with van der Waals surface area (Å²) in [6, 6.07) is 7.69. The molecule has 0 atom stereocenters. The predicted molar refractivity (Wildman–Crippen MR) is 118 cm³/mol. The van der Waals surface area contributed by atoms with E-state index in [1.165, 1.54) is 11.8 Å². The van der Waals surface area contributed by atoms with Crippen molar-refractivity contribution in [2.75, 3.05) is 38.5 Å². The quantitative estimate of drug-likeness (QED) is 0.346. The van der Waals surface area contributed by atoms with Crippen molar-refractivity contribution in [3.63, 3.8) is 0 Å². The van der Waals surface area contributed by atoms with Crippen LogP contribution in [-0.4, -0.2) is 55.5 Å². The van der Waals surface area contributed by atoms with Gasteiger partial charge in [0.25, 0.3) is 0 Å². The van der Waals surface area contributed by atoms with Crippen molar-refractivity contribution in [1.82, 2.24) is 15.3 Å².